The third kappa shape index (κ3) is 2.11. The fourth-order valence-corrected chi connectivity index (χ4v) is 5.40. The lowest BCUT2D eigenvalue weighted by Gasteiger charge is -2.34. The standard InChI is InChI=1S/C12H17BrO2S/c1-16(2,3)12-8(13)4-5-10-11(12)9(14)6-7-15-10/h4-5,9,14H,6-7H2,1-3H3. The molecule has 1 atom stereocenters. The highest BCUT2D eigenvalue weighted by atomic mass is 79.9. The Kier molecular flexibility index (Phi) is 3.25. The van der Waals surface area contributed by atoms with Crippen LogP contribution in [0, 0.1) is 0 Å². The highest BCUT2D eigenvalue weighted by Gasteiger charge is 2.28. The van der Waals surface area contributed by atoms with Gasteiger partial charge in [-0.3, -0.25) is 0 Å². The molecule has 0 spiro atoms. The largest absolute Gasteiger partial charge is 0.493 e. The van der Waals surface area contributed by atoms with Crippen molar-refractivity contribution >= 4 is 26.0 Å². The van der Waals surface area contributed by atoms with Gasteiger partial charge in [0.15, 0.2) is 0 Å². The van der Waals surface area contributed by atoms with Crippen molar-refractivity contribution in [1.29, 1.82) is 0 Å². The van der Waals surface area contributed by atoms with Crippen LogP contribution in [0.4, 0.5) is 0 Å². The molecule has 0 aromatic heterocycles. The minimum Gasteiger partial charge on any atom is -0.493 e. The molecule has 1 aliphatic rings. The second-order valence-corrected chi connectivity index (χ2v) is 9.72. The molecule has 90 valence electrons. The zero-order valence-electron chi connectivity index (χ0n) is 9.79. The quantitative estimate of drug-likeness (QED) is 0.862. The minimum atomic E-state index is -0.895. The molecule has 4 heteroatoms. The van der Waals surface area contributed by atoms with Crippen molar-refractivity contribution in [3.8, 4) is 5.75 Å². The molecule has 1 aromatic rings. The van der Waals surface area contributed by atoms with E-state index in [0.717, 1.165) is 15.8 Å². The summed E-state index contributed by atoms with van der Waals surface area (Å²) < 4.78 is 6.70. The predicted octanol–water partition coefficient (Wildman–Crippen LogP) is 3.32. The monoisotopic (exact) mass is 304 g/mol. The maximum atomic E-state index is 10.1. The third-order valence-electron chi connectivity index (χ3n) is 2.70. The fourth-order valence-electron chi connectivity index (χ4n) is 2.04. The van der Waals surface area contributed by atoms with Gasteiger partial charge in [0.1, 0.15) is 5.75 Å². The first-order valence-electron chi connectivity index (χ1n) is 5.23. The maximum absolute atomic E-state index is 10.1. The molecule has 1 N–H and O–H groups in total. The molecule has 0 saturated heterocycles. The maximum Gasteiger partial charge on any atom is 0.126 e. The van der Waals surface area contributed by atoms with Gasteiger partial charge in [0.2, 0.25) is 0 Å². The molecular weight excluding hydrogens is 288 g/mol. The van der Waals surface area contributed by atoms with Gasteiger partial charge in [-0.05, 0) is 46.8 Å². The number of aliphatic hydroxyl groups is 1. The smallest absolute Gasteiger partial charge is 0.126 e. The van der Waals surface area contributed by atoms with Crippen molar-refractivity contribution in [3.05, 3.63) is 22.2 Å². The van der Waals surface area contributed by atoms with E-state index >= 15 is 0 Å². The van der Waals surface area contributed by atoms with E-state index in [4.69, 9.17) is 4.74 Å². The summed E-state index contributed by atoms with van der Waals surface area (Å²) in [6.45, 7) is 0.606. The summed E-state index contributed by atoms with van der Waals surface area (Å²) in [5, 5.41) is 10.1. The molecule has 0 fully saturated rings. The van der Waals surface area contributed by atoms with Crippen LogP contribution in [-0.4, -0.2) is 30.5 Å². The highest BCUT2D eigenvalue weighted by molar-refractivity contribution is 9.10. The number of aliphatic hydroxyl groups excluding tert-OH is 1. The van der Waals surface area contributed by atoms with Crippen LogP contribution in [0.5, 0.6) is 5.75 Å². The van der Waals surface area contributed by atoms with E-state index in [1.54, 1.807) is 0 Å². The summed E-state index contributed by atoms with van der Waals surface area (Å²) in [6.07, 6.45) is 6.99. The summed E-state index contributed by atoms with van der Waals surface area (Å²) in [5.74, 6) is 0.847. The van der Waals surface area contributed by atoms with Crippen molar-refractivity contribution in [2.45, 2.75) is 17.4 Å². The molecular formula is C12H17BrO2S. The Hall–Kier alpha value is -0.190. The van der Waals surface area contributed by atoms with Gasteiger partial charge in [-0.15, -0.1) is 0 Å². The summed E-state index contributed by atoms with van der Waals surface area (Å²) in [4.78, 5) is 1.23. The van der Waals surface area contributed by atoms with Gasteiger partial charge in [-0.25, -0.2) is 10.0 Å². The van der Waals surface area contributed by atoms with E-state index in [2.05, 4.69) is 34.7 Å². The Bertz CT molecular complexity index is 412. The Morgan fingerprint density at radius 3 is 2.69 bits per heavy atom. The molecule has 1 unspecified atom stereocenters. The molecule has 16 heavy (non-hydrogen) atoms. The number of ether oxygens (including phenoxy) is 1. The van der Waals surface area contributed by atoms with Gasteiger partial charge < -0.3 is 9.84 Å². The van der Waals surface area contributed by atoms with Gasteiger partial charge in [-0.2, -0.15) is 0 Å². The van der Waals surface area contributed by atoms with Gasteiger partial charge in [0, 0.05) is 21.4 Å². The van der Waals surface area contributed by atoms with Crippen LogP contribution in [0.2, 0.25) is 0 Å². The van der Waals surface area contributed by atoms with Crippen LogP contribution < -0.4 is 4.74 Å². The molecule has 2 rings (SSSR count). The van der Waals surface area contributed by atoms with E-state index < -0.39 is 10.0 Å². The molecule has 0 aliphatic carbocycles. The molecule has 1 aromatic carbocycles. The van der Waals surface area contributed by atoms with Crippen LogP contribution in [0.15, 0.2) is 21.5 Å². The number of halogens is 1. The van der Waals surface area contributed by atoms with E-state index in [0.29, 0.717) is 13.0 Å². The van der Waals surface area contributed by atoms with Crippen LogP contribution in [0.1, 0.15) is 18.1 Å². The van der Waals surface area contributed by atoms with E-state index in [-0.39, 0.29) is 6.10 Å². The number of rotatable bonds is 1. The average Bonchev–Trinajstić information content (AvgIpc) is 2.17. The van der Waals surface area contributed by atoms with E-state index in [9.17, 15) is 5.11 Å². The van der Waals surface area contributed by atoms with Gasteiger partial charge >= 0.3 is 0 Å². The summed E-state index contributed by atoms with van der Waals surface area (Å²) in [6, 6.07) is 3.96. The molecule has 1 aliphatic heterocycles. The Balaban J connectivity index is 2.67. The normalized spacial score (nSPS) is 21.2. The molecule has 2 nitrogen and oxygen atoms in total. The highest BCUT2D eigenvalue weighted by Crippen LogP contribution is 2.55. The summed E-state index contributed by atoms with van der Waals surface area (Å²) in [5.41, 5.74) is 0.989. The Labute approximate surface area is 106 Å². The van der Waals surface area contributed by atoms with Gasteiger partial charge in [0.25, 0.3) is 0 Å². The van der Waals surface area contributed by atoms with Crippen LogP contribution >= 0.6 is 26.0 Å². The van der Waals surface area contributed by atoms with Crippen molar-refractivity contribution in [2.24, 2.45) is 0 Å². The van der Waals surface area contributed by atoms with Crippen molar-refractivity contribution in [2.75, 3.05) is 25.4 Å². The lowest BCUT2D eigenvalue weighted by molar-refractivity contribution is 0.112. The fraction of sp³-hybridized carbons (Fsp3) is 0.500. The molecule has 0 saturated carbocycles. The molecule has 0 bridgehead atoms. The zero-order valence-corrected chi connectivity index (χ0v) is 12.2. The SMILES string of the molecule is CS(C)(C)c1c(Br)ccc2c1C(O)CCO2. The average molecular weight is 305 g/mol. The van der Waals surface area contributed by atoms with Crippen molar-refractivity contribution in [1.82, 2.24) is 0 Å². The molecule has 1 heterocycles. The second-order valence-electron chi connectivity index (χ2n) is 4.78. The number of fused-ring (bicyclic) bond motifs is 1. The van der Waals surface area contributed by atoms with E-state index in [1.165, 1.54) is 4.90 Å². The zero-order chi connectivity index (χ0) is 11.9. The number of hydrogen-bond acceptors (Lipinski definition) is 2. The summed E-state index contributed by atoms with van der Waals surface area (Å²) in [7, 11) is -0.895. The lowest BCUT2D eigenvalue weighted by Crippen LogP contribution is -2.16. The molecule has 0 amide bonds. The topological polar surface area (TPSA) is 29.5 Å². The lowest BCUT2D eigenvalue weighted by atomic mass is 10.0. The summed E-state index contributed by atoms with van der Waals surface area (Å²) >= 11 is 3.59. The number of benzene rings is 1. The van der Waals surface area contributed by atoms with Crippen molar-refractivity contribution < 1.29 is 9.84 Å². The van der Waals surface area contributed by atoms with Gasteiger partial charge in [0.05, 0.1) is 12.7 Å². The van der Waals surface area contributed by atoms with E-state index in [1.807, 2.05) is 12.1 Å². The Morgan fingerprint density at radius 1 is 1.38 bits per heavy atom. The number of hydrogen-bond donors (Lipinski definition) is 1. The predicted molar refractivity (Wildman–Crippen MR) is 72.8 cm³/mol. The first-order chi connectivity index (χ1) is 7.41. The minimum absolute atomic E-state index is 0.386. The first kappa shape index (κ1) is 12.3. The third-order valence-corrected chi connectivity index (χ3v) is 5.29. The Morgan fingerprint density at radius 2 is 2.06 bits per heavy atom. The second kappa shape index (κ2) is 4.24. The first-order valence-corrected chi connectivity index (χ1v) is 8.88. The van der Waals surface area contributed by atoms with Crippen LogP contribution in [-0.2, 0) is 0 Å². The van der Waals surface area contributed by atoms with Crippen LogP contribution in [0.25, 0.3) is 0 Å². The molecule has 0 radical (unpaired) electrons. The van der Waals surface area contributed by atoms with Gasteiger partial charge in [-0.1, -0.05) is 0 Å². The van der Waals surface area contributed by atoms with Crippen LogP contribution in [0.3, 0.4) is 0 Å². The van der Waals surface area contributed by atoms with Crippen molar-refractivity contribution in [3.63, 3.8) is 0 Å².